The fourth-order valence-electron chi connectivity index (χ4n) is 3.49. The van der Waals surface area contributed by atoms with Crippen LogP contribution in [0.15, 0.2) is 18.2 Å². The molecule has 118 valence electrons. The van der Waals surface area contributed by atoms with Gasteiger partial charge in [0.25, 0.3) is 0 Å². The molecule has 1 aliphatic carbocycles. The van der Waals surface area contributed by atoms with Crippen LogP contribution in [0.5, 0.6) is 0 Å². The van der Waals surface area contributed by atoms with Crippen LogP contribution in [-0.4, -0.2) is 12.6 Å². The summed E-state index contributed by atoms with van der Waals surface area (Å²) in [4.78, 5) is 0. The molecule has 0 aliphatic heterocycles. The van der Waals surface area contributed by atoms with Crippen molar-refractivity contribution in [3.05, 3.63) is 35.4 Å². The number of hydrogen-bond acceptors (Lipinski definition) is 1. The molecule has 1 aromatic rings. The lowest BCUT2D eigenvalue weighted by Crippen LogP contribution is -2.31. The molecule has 2 rings (SSSR count). The number of likely N-dealkylation sites (N-methyl/N-ethyl adjacent to an activating group) is 1. The maximum atomic E-state index is 13.3. The van der Waals surface area contributed by atoms with Crippen LogP contribution in [0.2, 0.25) is 0 Å². The van der Waals surface area contributed by atoms with Crippen molar-refractivity contribution in [2.24, 2.45) is 5.92 Å². The van der Waals surface area contributed by atoms with Crippen LogP contribution in [0.25, 0.3) is 0 Å². The van der Waals surface area contributed by atoms with Crippen molar-refractivity contribution in [2.75, 3.05) is 6.54 Å². The normalized spacial score (nSPS) is 17.9. The van der Waals surface area contributed by atoms with E-state index in [4.69, 9.17) is 0 Å². The van der Waals surface area contributed by atoms with Gasteiger partial charge in [0.1, 0.15) is 11.6 Å². The number of benzene rings is 1. The molecule has 0 radical (unpaired) electrons. The van der Waals surface area contributed by atoms with Crippen LogP contribution in [0, 0.1) is 17.6 Å². The quantitative estimate of drug-likeness (QED) is 0.758. The Hall–Kier alpha value is -0.960. The maximum absolute atomic E-state index is 13.3. The van der Waals surface area contributed by atoms with Gasteiger partial charge in [0.05, 0.1) is 0 Å². The van der Waals surface area contributed by atoms with E-state index in [9.17, 15) is 8.78 Å². The fraction of sp³-hybridized carbons (Fsp3) is 0.667. The summed E-state index contributed by atoms with van der Waals surface area (Å²) in [5.74, 6) is -0.107. The van der Waals surface area contributed by atoms with E-state index in [0.29, 0.717) is 12.5 Å². The SMILES string of the molecule is CCNC(CCC1CCCCC1)Cc1cc(F)cc(F)c1. The molecule has 1 N–H and O–H groups in total. The Bertz CT molecular complexity index is 407. The second-order valence-electron chi connectivity index (χ2n) is 6.32. The number of halogens is 2. The van der Waals surface area contributed by atoms with Gasteiger partial charge in [-0.2, -0.15) is 0 Å². The highest BCUT2D eigenvalue weighted by molar-refractivity contribution is 5.19. The van der Waals surface area contributed by atoms with Gasteiger partial charge in [0.15, 0.2) is 0 Å². The second kappa shape index (κ2) is 8.47. The molecule has 1 fully saturated rings. The second-order valence-corrected chi connectivity index (χ2v) is 6.32. The molecule has 0 spiro atoms. The van der Waals surface area contributed by atoms with Crippen LogP contribution in [0.4, 0.5) is 8.78 Å². The molecule has 1 aliphatic rings. The van der Waals surface area contributed by atoms with Gasteiger partial charge < -0.3 is 5.32 Å². The summed E-state index contributed by atoms with van der Waals surface area (Å²) < 4.78 is 26.6. The Morgan fingerprint density at radius 2 is 1.76 bits per heavy atom. The zero-order chi connectivity index (χ0) is 15.1. The summed E-state index contributed by atoms with van der Waals surface area (Å²) in [7, 11) is 0. The van der Waals surface area contributed by atoms with Gasteiger partial charge in [0.2, 0.25) is 0 Å². The molecular weight excluding hydrogens is 268 g/mol. The summed E-state index contributed by atoms with van der Waals surface area (Å²) in [6.45, 7) is 2.98. The van der Waals surface area contributed by atoms with E-state index in [0.717, 1.165) is 30.5 Å². The van der Waals surface area contributed by atoms with Crippen LogP contribution in [0.3, 0.4) is 0 Å². The molecule has 0 saturated heterocycles. The molecule has 1 unspecified atom stereocenters. The van der Waals surface area contributed by atoms with E-state index >= 15 is 0 Å². The van der Waals surface area contributed by atoms with Gasteiger partial charge in [-0.15, -0.1) is 0 Å². The number of rotatable bonds is 7. The van der Waals surface area contributed by atoms with Crippen molar-refractivity contribution in [2.45, 2.75) is 64.3 Å². The molecule has 1 nitrogen and oxygen atoms in total. The predicted octanol–water partition coefficient (Wildman–Crippen LogP) is 4.85. The van der Waals surface area contributed by atoms with Gasteiger partial charge >= 0.3 is 0 Å². The van der Waals surface area contributed by atoms with Crippen molar-refractivity contribution < 1.29 is 8.78 Å². The van der Waals surface area contributed by atoms with Crippen LogP contribution in [0.1, 0.15) is 57.4 Å². The highest BCUT2D eigenvalue weighted by atomic mass is 19.1. The zero-order valence-corrected chi connectivity index (χ0v) is 13.0. The average Bonchev–Trinajstić information content (AvgIpc) is 2.45. The van der Waals surface area contributed by atoms with E-state index in [1.807, 2.05) is 0 Å². The van der Waals surface area contributed by atoms with E-state index < -0.39 is 11.6 Å². The molecule has 1 saturated carbocycles. The first-order valence-electron chi connectivity index (χ1n) is 8.35. The first-order chi connectivity index (χ1) is 10.2. The van der Waals surface area contributed by atoms with E-state index in [1.165, 1.54) is 50.7 Å². The first-order valence-corrected chi connectivity index (χ1v) is 8.35. The highest BCUT2D eigenvalue weighted by Crippen LogP contribution is 2.28. The summed E-state index contributed by atoms with van der Waals surface area (Å²) in [5.41, 5.74) is 0.752. The number of nitrogens with one attached hydrogen (secondary N) is 1. The van der Waals surface area contributed by atoms with Gasteiger partial charge in [0, 0.05) is 12.1 Å². The maximum Gasteiger partial charge on any atom is 0.126 e. The minimum absolute atomic E-state index is 0.318. The summed E-state index contributed by atoms with van der Waals surface area (Å²) >= 11 is 0. The molecule has 21 heavy (non-hydrogen) atoms. The van der Waals surface area contributed by atoms with Crippen molar-refractivity contribution in [3.63, 3.8) is 0 Å². The topological polar surface area (TPSA) is 12.0 Å². The third-order valence-corrected chi connectivity index (χ3v) is 4.55. The van der Waals surface area contributed by atoms with Crippen LogP contribution < -0.4 is 5.32 Å². The van der Waals surface area contributed by atoms with E-state index in [-0.39, 0.29) is 0 Å². The number of hydrogen-bond donors (Lipinski definition) is 1. The molecular formula is C18H27F2N. The molecule has 0 amide bonds. The molecule has 0 heterocycles. The van der Waals surface area contributed by atoms with Gasteiger partial charge in [-0.25, -0.2) is 8.78 Å². The Labute approximate surface area is 127 Å². The average molecular weight is 295 g/mol. The molecule has 1 atom stereocenters. The molecule has 1 aromatic carbocycles. The summed E-state index contributed by atoms with van der Waals surface area (Å²) in [6.07, 6.45) is 9.86. The van der Waals surface area contributed by atoms with Crippen molar-refractivity contribution in [1.82, 2.24) is 5.32 Å². The Balaban J connectivity index is 1.88. The van der Waals surface area contributed by atoms with Crippen molar-refractivity contribution in [1.29, 1.82) is 0 Å². The monoisotopic (exact) mass is 295 g/mol. The standard InChI is InChI=1S/C18H27F2N/c1-2-21-18(9-8-14-6-4-3-5-7-14)12-15-10-16(19)13-17(20)11-15/h10-11,13-14,18,21H,2-9,12H2,1H3. The van der Waals surface area contributed by atoms with Gasteiger partial charge in [-0.05, 0) is 49.4 Å². The lowest BCUT2D eigenvalue weighted by Gasteiger charge is -2.25. The van der Waals surface area contributed by atoms with Gasteiger partial charge in [-0.3, -0.25) is 0 Å². The predicted molar refractivity (Wildman–Crippen MR) is 83.3 cm³/mol. The molecule has 0 bridgehead atoms. The summed E-state index contributed by atoms with van der Waals surface area (Å²) in [6, 6.07) is 4.16. The third-order valence-electron chi connectivity index (χ3n) is 4.55. The Morgan fingerprint density at radius 3 is 2.38 bits per heavy atom. The van der Waals surface area contributed by atoms with E-state index in [1.54, 1.807) is 0 Å². The Morgan fingerprint density at radius 1 is 1.10 bits per heavy atom. The largest absolute Gasteiger partial charge is 0.314 e. The lowest BCUT2D eigenvalue weighted by atomic mass is 9.84. The minimum atomic E-state index is -0.479. The highest BCUT2D eigenvalue weighted by Gasteiger charge is 2.16. The van der Waals surface area contributed by atoms with Crippen molar-refractivity contribution in [3.8, 4) is 0 Å². The van der Waals surface area contributed by atoms with E-state index in [2.05, 4.69) is 12.2 Å². The third kappa shape index (κ3) is 5.74. The Kier molecular flexibility index (Phi) is 6.62. The molecule has 0 aromatic heterocycles. The lowest BCUT2D eigenvalue weighted by molar-refractivity contribution is 0.313. The van der Waals surface area contributed by atoms with Crippen molar-refractivity contribution >= 4 is 0 Å². The van der Waals surface area contributed by atoms with Crippen LogP contribution in [-0.2, 0) is 6.42 Å². The zero-order valence-electron chi connectivity index (χ0n) is 13.0. The molecule has 3 heteroatoms. The smallest absolute Gasteiger partial charge is 0.126 e. The first kappa shape index (κ1) is 16.4. The fourth-order valence-corrected chi connectivity index (χ4v) is 3.49. The minimum Gasteiger partial charge on any atom is -0.314 e. The van der Waals surface area contributed by atoms with Crippen LogP contribution >= 0.6 is 0 Å². The summed E-state index contributed by atoms with van der Waals surface area (Å²) in [5, 5.41) is 3.46. The van der Waals surface area contributed by atoms with Gasteiger partial charge in [-0.1, -0.05) is 39.0 Å².